The van der Waals surface area contributed by atoms with E-state index < -0.39 is 6.03 Å². The van der Waals surface area contributed by atoms with E-state index in [-0.39, 0.29) is 0 Å². The van der Waals surface area contributed by atoms with Gasteiger partial charge in [-0.2, -0.15) is 0 Å². The summed E-state index contributed by atoms with van der Waals surface area (Å²) in [6.45, 7) is 1.50. The first kappa shape index (κ1) is 13.5. The molecule has 0 bridgehead atoms. The van der Waals surface area contributed by atoms with Crippen molar-refractivity contribution in [2.75, 3.05) is 25.2 Å². The Balaban J connectivity index is 2.04. The molecule has 0 spiro atoms. The number of primary amides is 1. The molecule has 2 amide bonds. The summed E-state index contributed by atoms with van der Waals surface area (Å²) in [5.41, 5.74) is 7.13. The molecule has 3 heterocycles. The van der Waals surface area contributed by atoms with Crippen molar-refractivity contribution in [1.29, 1.82) is 0 Å². The smallest absolute Gasteiger partial charge is 0.320 e. The summed E-state index contributed by atoms with van der Waals surface area (Å²) in [4.78, 5) is 18.5. The molecule has 107 valence electrons. The van der Waals surface area contributed by atoms with Gasteiger partial charge in [0.2, 0.25) is 0 Å². The molecule has 7 heteroatoms. The number of thioether (sulfide) groups is 1. The highest BCUT2D eigenvalue weighted by Crippen LogP contribution is 2.50. The summed E-state index contributed by atoms with van der Waals surface area (Å²) in [5.74, 6) is 2.63. The van der Waals surface area contributed by atoms with Crippen LogP contribution in [0.3, 0.4) is 0 Å². The van der Waals surface area contributed by atoms with Crippen molar-refractivity contribution < 1.29 is 14.3 Å². The number of urea groups is 1. The van der Waals surface area contributed by atoms with E-state index in [4.69, 9.17) is 15.2 Å². The molecule has 2 aliphatic rings. The third kappa shape index (κ3) is 2.20. The monoisotopic (exact) mass is 294 g/mol. The molecule has 1 aromatic rings. The van der Waals surface area contributed by atoms with Crippen molar-refractivity contribution in [3.05, 3.63) is 17.8 Å². The molecule has 0 aliphatic carbocycles. The molecular weight excluding hydrogens is 278 g/mol. The summed E-state index contributed by atoms with van der Waals surface area (Å²) in [6, 6.07) is -0.515. The Bertz CT molecular complexity index is 532. The average molecular weight is 294 g/mol. The zero-order valence-corrected chi connectivity index (χ0v) is 12.0. The number of methoxy groups -OCH3 is 1. The molecule has 0 unspecified atom stereocenters. The third-order valence-corrected chi connectivity index (χ3v) is 4.54. The first-order valence-electron chi connectivity index (χ1n) is 6.45. The second-order valence-corrected chi connectivity index (χ2v) is 5.56. The van der Waals surface area contributed by atoms with Crippen molar-refractivity contribution in [3.8, 4) is 5.75 Å². The van der Waals surface area contributed by atoms with Gasteiger partial charge in [0, 0.05) is 19.1 Å². The number of fused-ring (bicyclic) bond motifs is 1. The van der Waals surface area contributed by atoms with Crippen LogP contribution >= 0.6 is 11.8 Å². The minimum absolute atomic E-state index is 0.358. The zero-order valence-electron chi connectivity index (χ0n) is 11.2. The predicted molar refractivity (Wildman–Crippen MR) is 75.8 cm³/mol. The van der Waals surface area contributed by atoms with Crippen LogP contribution in [0.25, 0.3) is 0 Å². The number of hydrogen-bond donors (Lipinski definition) is 1. The van der Waals surface area contributed by atoms with E-state index >= 15 is 0 Å². The molecule has 1 aromatic heterocycles. The van der Waals surface area contributed by atoms with Gasteiger partial charge in [0.15, 0.2) is 5.75 Å². The Morgan fingerprint density at radius 2 is 2.30 bits per heavy atom. The number of pyridine rings is 1. The highest BCUT2D eigenvalue weighted by atomic mass is 32.2. The molecule has 20 heavy (non-hydrogen) atoms. The molecule has 0 saturated carbocycles. The fourth-order valence-corrected chi connectivity index (χ4v) is 3.63. The summed E-state index contributed by atoms with van der Waals surface area (Å²) in [6.07, 6.45) is 3.56. The van der Waals surface area contributed by atoms with Gasteiger partial charge in [-0.15, -0.1) is 0 Å². The van der Waals surface area contributed by atoms with Crippen LogP contribution < -0.4 is 15.4 Å². The number of aromatic nitrogens is 1. The first-order valence-corrected chi connectivity index (χ1v) is 7.33. The number of amides is 2. The van der Waals surface area contributed by atoms with Gasteiger partial charge in [-0.3, -0.25) is 9.88 Å². The van der Waals surface area contributed by atoms with Gasteiger partial charge < -0.3 is 15.2 Å². The molecule has 0 aromatic carbocycles. The lowest BCUT2D eigenvalue weighted by molar-refractivity contribution is 0.0839. The largest absolute Gasteiger partial charge is 0.493 e. The van der Waals surface area contributed by atoms with Crippen LogP contribution in [0.5, 0.6) is 5.75 Å². The Labute approximate surface area is 121 Å². The third-order valence-electron chi connectivity index (χ3n) is 3.58. The van der Waals surface area contributed by atoms with Gasteiger partial charge in [-0.1, -0.05) is 11.8 Å². The normalized spacial score (nSPS) is 18.9. The molecule has 2 aliphatic heterocycles. The fraction of sp³-hybridized carbons (Fsp3) is 0.462. The number of anilines is 1. The van der Waals surface area contributed by atoms with Crippen molar-refractivity contribution in [2.45, 2.75) is 23.7 Å². The average Bonchev–Trinajstić information content (AvgIpc) is 2.92. The SMILES string of the molecule is COc1cnc(C2CCOCC2)c2c1N(C(N)=O)[CH]S2. The van der Waals surface area contributed by atoms with E-state index in [0.29, 0.717) is 17.4 Å². The predicted octanol–water partition coefficient (Wildman–Crippen LogP) is 2.09. The maximum atomic E-state index is 11.5. The number of carbonyl (C=O) groups is 1. The number of hydrogen-bond acceptors (Lipinski definition) is 5. The Kier molecular flexibility index (Phi) is 3.71. The van der Waals surface area contributed by atoms with E-state index in [1.165, 1.54) is 16.7 Å². The van der Waals surface area contributed by atoms with Crippen LogP contribution in [0.15, 0.2) is 11.1 Å². The molecule has 1 saturated heterocycles. The van der Waals surface area contributed by atoms with Gasteiger partial charge in [0.1, 0.15) is 11.6 Å². The van der Waals surface area contributed by atoms with Crippen LogP contribution in [0.4, 0.5) is 10.5 Å². The summed E-state index contributed by atoms with van der Waals surface area (Å²) >= 11 is 1.47. The number of carbonyl (C=O) groups excluding carboxylic acids is 1. The van der Waals surface area contributed by atoms with Gasteiger partial charge in [-0.05, 0) is 12.8 Å². The quantitative estimate of drug-likeness (QED) is 0.903. The number of ether oxygens (including phenoxy) is 2. The van der Waals surface area contributed by atoms with Crippen LogP contribution in [0.2, 0.25) is 0 Å². The minimum Gasteiger partial charge on any atom is -0.493 e. The number of nitrogens with two attached hydrogens (primary N) is 1. The molecular formula is C13H16N3O3S. The van der Waals surface area contributed by atoms with E-state index in [1.807, 2.05) is 0 Å². The lowest BCUT2D eigenvalue weighted by Crippen LogP contribution is -2.31. The standard InChI is InChI=1S/C13H16N3O3S/c1-18-9-6-15-10(8-2-4-19-5-3-8)12-11(9)16(7-20-12)13(14)17/h6-8H,2-5H2,1H3,(H2,14,17). The zero-order chi connectivity index (χ0) is 14.1. The van der Waals surface area contributed by atoms with E-state index in [2.05, 4.69) is 4.98 Å². The highest BCUT2D eigenvalue weighted by molar-refractivity contribution is 8.02. The Morgan fingerprint density at radius 1 is 1.55 bits per heavy atom. The molecule has 1 radical (unpaired) electrons. The van der Waals surface area contributed by atoms with E-state index in [9.17, 15) is 4.79 Å². The summed E-state index contributed by atoms with van der Waals surface area (Å²) in [5, 5.41) is 0. The number of nitrogens with zero attached hydrogens (tertiary/aromatic N) is 2. The maximum absolute atomic E-state index is 11.5. The van der Waals surface area contributed by atoms with Crippen LogP contribution in [-0.2, 0) is 4.74 Å². The van der Waals surface area contributed by atoms with Gasteiger partial charge in [0.25, 0.3) is 0 Å². The molecule has 2 N–H and O–H groups in total. The first-order chi connectivity index (χ1) is 9.72. The summed E-state index contributed by atoms with van der Waals surface area (Å²) in [7, 11) is 1.56. The lowest BCUT2D eigenvalue weighted by atomic mass is 9.95. The highest BCUT2D eigenvalue weighted by Gasteiger charge is 2.33. The molecule has 6 nitrogen and oxygen atoms in total. The second kappa shape index (κ2) is 5.49. The Hall–Kier alpha value is -1.47. The van der Waals surface area contributed by atoms with E-state index in [0.717, 1.165) is 36.6 Å². The van der Waals surface area contributed by atoms with Crippen molar-refractivity contribution >= 4 is 23.5 Å². The second-order valence-electron chi connectivity index (χ2n) is 4.71. The van der Waals surface area contributed by atoms with E-state index in [1.54, 1.807) is 19.2 Å². The van der Waals surface area contributed by atoms with Gasteiger partial charge in [-0.25, -0.2) is 4.79 Å². The van der Waals surface area contributed by atoms with Crippen molar-refractivity contribution in [2.24, 2.45) is 5.73 Å². The fourth-order valence-electron chi connectivity index (χ4n) is 2.56. The van der Waals surface area contributed by atoms with Crippen molar-refractivity contribution in [3.63, 3.8) is 0 Å². The minimum atomic E-state index is -0.515. The molecule has 1 fully saturated rings. The maximum Gasteiger partial charge on any atom is 0.320 e. The molecule has 3 rings (SSSR count). The summed E-state index contributed by atoms with van der Waals surface area (Å²) < 4.78 is 10.7. The topological polar surface area (TPSA) is 77.7 Å². The van der Waals surface area contributed by atoms with Crippen LogP contribution in [-0.4, -0.2) is 31.3 Å². The van der Waals surface area contributed by atoms with Gasteiger partial charge >= 0.3 is 6.03 Å². The molecule has 0 atom stereocenters. The van der Waals surface area contributed by atoms with Gasteiger partial charge in [0.05, 0.1) is 23.9 Å². The van der Waals surface area contributed by atoms with Crippen LogP contribution in [0, 0.1) is 5.88 Å². The lowest BCUT2D eigenvalue weighted by Gasteiger charge is -2.24. The van der Waals surface area contributed by atoms with Crippen molar-refractivity contribution in [1.82, 2.24) is 4.98 Å². The number of rotatable bonds is 2. The van der Waals surface area contributed by atoms with Crippen LogP contribution in [0.1, 0.15) is 24.5 Å². The Morgan fingerprint density at radius 3 is 2.95 bits per heavy atom.